The quantitative estimate of drug-likeness (QED) is 0.819. The van der Waals surface area contributed by atoms with Gasteiger partial charge < -0.3 is 9.84 Å². The van der Waals surface area contributed by atoms with Crippen LogP contribution in [-0.2, 0) is 6.42 Å². The molecule has 110 valence electrons. The van der Waals surface area contributed by atoms with Crippen molar-refractivity contribution < 1.29 is 14.6 Å². The minimum absolute atomic E-state index is 0.284. The Morgan fingerprint density at radius 2 is 2.10 bits per heavy atom. The molecule has 1 heterocycles. The Hall–Kier alpha value is -2.07. The molecule has 0 aliphatic carbocycles. The van der Waals surface area contributed by atoms with E-state index in [4.69, 9.17) is 4.74 Å². The summed E-state index contributed by atoms with van der Waals surface area (Å²) in [6, 6.07) is 11.8. The Kier molecular flexibility index (Phi) is 5.58. The number of carbonyl (C=O) groups is 1. The van der Waals surface area contributed by atoms with Crippen LogP contribution < -0.4 is 4.74 Å². The zero-order chi connectivity index (χ0) is 15.1. The molecule has 0 aliphatic heterocycles. The maximum Gasteiger partial charge on any atom is 0.349 e. The molecule has 0 spiro atoms. The molecule has 1 N–H and O–H groups in total. The predicted octanol–water partition coefficient (Wildman–Crippen LogP) is 4.49. The molecule has 21 heavy (non-hydrogen) atoms. The van der Waals surface area contributed by atoms with E-state index in [2.05, 4.69) is 6.92 Å². The van der Waals surface area contributed by atoms with E-state index in [0.29, 0.717) is 12.4 Å². The Morgan fingerprint density at radius 1 is 1.33 bits per heavy atom. The average Bonchev–Trinajstić information content (AvgIpc) is 2.88. The summed E-state index contributed by atoms with van der Waals surface area (Å²) < 4.78 is 5.59. The molecule has 2 rings (SSSR count). The van der Waals surface area contributed by atoms with Crippen LogP contribution in [0.4, 0.5) is 0 Å². The first kappa shape index (κ1) is 15.3. The van der Waals surface area contributed by atoms with Gasteiger partial charge in [-0.2, -0.15) is 0 Å². The van der Waals surface area contributed by atoms with Crippen molar-refractivity contribution >= 4 is 23.4 Å². The van der Waals surface area contributed by atoms with E-state index in [0.717, 1.165) is 23.3 Å². The van der Waals surface area contributed by atoms with Crippen LogP contribution >= 0.6 is 11.3 Å². The molecular weight excluding hydrogens is 284 g/mol. The highest BCUT2D eigenvalue weighted by Gasteiger charge is 2.16. The van der Waals surface area contributed by atoms with Gasteiger partial charge in [-0.1, -0.05) is 49.8 Å². The van der Waals surface area contributed by atoms with Crippen LogP contribution in [0.5, 0.6) is 5.75 Å². The Bertz CT molecular complexity index is 614. The van der Waals surface area contributed by atoms with Crippen molar-refractivity contribution in [3.8, 4) is 5.75 Å². The van der Waals surface area contributed by atoms with Gasteiger partial charge in [0.2, 0.25) is 0 Å². The van der Waals surface area contributed by atoms with Crippen LogP contribution in [0.25, 0.3) is 6.08 Å². The van der Waals surface area contributed by atoms with Crippen LogP contribution in [0.2, 0.25) is 0 Å². The highest BCUT2D eigenvalue weighted by molar-refractivity contribution is 7.14. The lowest BCUT2D eigenvalue weighted by atomic mass is 10.2. The first-order chi connectivity index (χ1) is 10.2. The summed E-state index contributed by atoms with van der Waals surface area (Å²) in [7, 11) is 0. The summed E-state index contributed by atoms with van der Waals surface area (Å²) >= 11 is 1.30. The van der Waals surface area contributed by atoms with Gasteiger partial charge in [-0.05, 0) is 24.1 Å². The fraction of sp³-hybridized carbons (Fsp3) is 0.235. The second-order valence-electron chi connectivity index (χ2n) is 4.59. The Morgan fingerprint density at radius 3 is 2.76 bits per heavy atom. The third kappa shape index (κ3) is 4.46. The normalized spacial score (nSPS) is 10.9. The molecule has 0 saturated heterocycles. The maximum absolute atomic E-state index is 11.2. The van der Waals surface area contributed by atoms with Crippen LogP contribution in [-0.4, -0.2) is 17.7 Å². The van der Waals surface area contributed by atoms with Gasteiger partial charge in [0, 0.05) is 4.88 Å². The molecule has 1 aromatic carbocycles. The highest BCUT2D eigenvalue weighted by atomic mass is 32.1. The van der Waals surface area contributed by atoms with E-state index < -0.39 is 5.97 Å². The lowest BCUT2D eigenvalue weighted by molar-refractivity contribution is 0.0698. The standard InChI is InChI=1S/C17H18O3S/c1-2-7-14-12-15(16(21-14)17(18)19)20-11-6-10-13-8-4-3-5-9-13/h3-6,8-10,12H,2,7,11H2,1H3,(H,18,19). The molecule has 0 saturated carbocycles. The Balaban J connectivity index is 1.99. The topological polar surface area (TPSA) is 46.5 Å². The summed E-state index contributed by atoms with van der Waals surface area (Å²) in [5.74, 6) is -0.460. The number of carboxylic acids is 1. The molecule has 1 aromatic heterocycles. The molecule has 0 aliphatic rings. The van der Waals surface area contributed by atoms with Gasteiger partial charge in [-0.15, -0.1) is 11.3 Å². The largest absolute Gasteiger partial charge is 0.488 e. The minimum atomic E-state index is -0.926. The minimum Gasteiger partial charge on any atom is -0.488 e. The number of benzene rings is 1. The van der Waals surface area contributed by atoms with Crippen molar-refractivity contribution in [1.29, 1.82) is 0 Å². The van der Waals surface area contributed by atoms with E-state index in [-0.39, 0.29) is 4.88 Å². The van der Waals surface area contributed by atoms with E-state index in [1.54, 1.807) is 0 Å². The van der Waals surface area contributed by atoms with E-state index in [1.165, 1.54) is 11.3 Å². The van der Waals surface area contributed by atoms with Gasteiger partial charge in [0.05, 0.1) is 0 Å². The molecule has 3 nitrogen and oxygen atoms in total. The lowest BCUT2D eigenvalue weighted by Crippen LogP contribution is -1.99. The van der Waals surface area contributed by atoms with Crippen molar-refractivity contribution in [3.05, 3.63) is 57.8 Å². The SMILES string of the molecule is CCCc1cc(OCC=Cc2ccccc2)c(C(=O)O)s1. The molecule has 0 atom stereocenters. The van der Waals surface area contributed by atoms with Gasteiger partial charge in [-0.25, -0.2) is 4.79 Å². The predicted molar refractivity (Wildman–Crippen MR) is 86.2 cm³/mol. The monoisotopic (exact) mass is 302 g/mol. The van der Waals surface area contributed by atoms with Gasteiger partial charge >= 0.3 is 5.97 Å². The smallest absolute Gasteiger partial charge is 0.349 e. The van der Waals surface area contributed by atoms with Crippen LogP contribution in [0, 0.1) is 0 Å². The van der Waals surface area contributed by atoms with Gasteiger partial charge in [0.25, 0.3) is 0 Å². The maximum atomic E-state index is 11.2. The van der Waals surface area contributed by atoms with Crippen LogP contribution in [0.15, 0.2) is 42.5 Å². The van der Waals surface area contributed by atoms with Crippen molar-refractivity contribution in [3.63, 3.8) is 0 Å². The number of hydrogen-bond donors (Lipinski definition) is 1. The van der Waals surface area contributed by atoms with E-state index >= 15 is 0 Å². The van der Waals surface area contributed by atoms with Crippen LogP contribution in [0.1, 0.15) is 33.5 Å². The lowest BCUT2D eigenvalue weighted by Gasteiger charge is -2.01. The summed E-state index contributed by atoms with van der Waals surface area (Å²) in [6.07, 6.45) is 5.72. The molecule has 0 bridgehead atoms. The summed E-state index contributed by atoms with van der Waals surface area (Å²) in [5, 5.41) is 9.19. The van der Waals surface area contributed by atoms with Crippen molar-refractivity contribution in [2.75, 3.05) is 6.61 Å². The van der Waals surface area contributed by atoms with Crippen molar-refractivity contribution in [2.24, 2.45) is 0 Å². The van der Waals surface area contributed by atoms with Crippen molar-refractivity contribution in [1.82, 2.24) is 0 Å². The van der Waals surface area contributed by atoms with Crippen molar-refractivity contribution in [2.45, 2.75) is 19.8 Å². The summed E-state index contributed by atoms with van der Waals surface area (Å²) in [5.41, 5.74) is 1.09. The number of hydrogen-bond acceptors (Lipinski definition) is 3. The molecule has 0 amide bonds. The number of thiophene rings is 1. The Labute approximate surface area is 128 Å². The third-order valence-electron chi connectivity index (χ3n) is 2.88. The number of aromatic carboxylic acids is 1. The zero-order valence-corrected chi connectivity index (χ0v) is 12.7. The van der Waals surface area contributed by atoms with Crippen LogP contribution in [0.3, 0.4) is 0 Å². The summed E-state index contributed by atoms with van der Waals surface area (Å²) in [4.78, 5) is 12.5. The average molecular weight is 302 g/mol. The highest BCUT2D eigenvalue weighted by Crippen LogP contribution is 2.30. The van der Waals surface area contributed by atoms with E-state index in [1.807, 2.05) is 48.6 Å². The fourth-order valence-electron chi connectivity index (χ4n) is 1.93. The number of rotatable bonds is 7. The van der Waals surface area contributed by atoms with Gasteiger partial charge in [0.1, 0.15) is 12.4 Å². The molecule has 4 heteroatoms. The molecular formula is C17H18O3S. The molecule has 0 unspecified atom stereocenters. The first-order valence-corrected chi connectivity index (χ1v) is 7.72. The van der Waals surface area contributed by atoms with Gasteiger partial charge in [-0.3, -0.25) is 0 Å². The molecule has 2 aromatic rings. The third-order valence-corrected chi connectivity index (χ3v) is 4.05. The van der Waals surface area contributed by atoms with Gasteiger partial charge in [0.15, 0.2) is 4.88 Å². The number of aryl methyl sites for hydroxylation is 1. The molecule has 0 radical (unpaired) electrons. The number of carboxylic acid groups (broad SMARTS) is 1. The molecule has 0 fully saturated rings. The first-order valence-electron chi connectivity index (χ1n) is 6.91. The second kappa shape index (κ2) is 7.64. The van der Waals surface area contributed by atoms with E-state index in [9.17, 15) is 9.90 Å². The zero-order valence-electron chi connectivity index (χ0n) is 11.9. The second-order valence-corrected chi connectivity index (χ2v) is 5.72. The fourth-order valence-corrected chi connectivity index (χ4v) is 2.97. The number of ether oxygens (including phenoxy) is 1. The summed E-state index contributed by atoms with van der Waals surface area (Å²) in [6.45, 7) is 2.43.